The highest BCUT2D eigenvalue weighted by Crippen LogP contribution is 2.27. The van der Waals surface area contributed by atoms with E-state index in [1.165, 1.54) is 30.8 Å². The van der Waals surface area contributed by atoms with Crippen LogP contribution in [-0.2, 0) is 17.7 Å². The molecule has 3 rings (SSSR count). The molecule has 2 atom stereocenters. The maximum absolute atomic E-state index is 5.54. The maximum atomic E-state index is 5.54. The Morgan fingerprint density at radius 1 is 1.44 bits per heavy atom. The number of imidazole rings is 1. The first kappa shape index (κ1) is 10.3. The molecule has 88 valence electrons. The van der Waals surface area contributed by atoms with Gasteiger partial charge in [-0.25, -0.2) is 4.98 Å². The summed E-state index contributed by atoms with van der Waals surface area (Å²) in [5.74, 6) is 2.64. The van der Waals surface area contributed by atoms with Crippen molar-refractivity contribution in [3.05, 3.63) is 17.7 Å². The average Bonchev–Trinajstić information content (AvgIpc) is 2.73. The van der Waals surface area contributed by atoms with Gasteiger partial charge in [-0.15, -0.1) is 0 Å². The van der Waals surface area contributed by atoms with E-state index in [-0.39, 0.29) is 0 Å². The van der Waals surface area contributed by atoms with Gasteiger partial charge in [0.25, 0.3) is 0 Å². The van der Waals surface area contributed by atoms with Gasteiger partial charge in [0, 0.05) is 31.7 Å². The second-order valence-corrected chi connectivity index (χ2v) is 5.29. The average molecular weight is 220 g/mol. The molecular weight excluding hydrogens is 200 g/mol. The molecule has 3 heteroatoms. The lowest BCUT2D eigenvalue weighted by Gasteiger charge is -2.20. The third kappa shape index (κ3) is 1.88. The van der Waals surface area contributed by atoms with Gasteiger partial charge in [0.1, 0.15) is 5.82 Å². The van der Waals surface area contributed by atoms with E-state index in [0.29, 0.717) is 5.92 Å². The van der Waals surface area contributed by atoms with E-state index in [9.17, 15) is 0 Å². The molecule has 1 aromatic heterocycles. The van der Waals surface area contributed by atoms with E-state index in [0.717, 1.165) is 32.1 Å². The van der Waals surface area contributed by atoms with Crippen molar-refractivity contribution in [2.75, 3.05) is 13.2 Å². The Morgan fingerprint density at radius 2 is 2.38 bits per heavy atom. The Kier molecular flexibility index (Phi) is 2.72. The molecule has 0 N–H and O–H groups in total. The first-order valence-electron chi connectivity index (χ1n) is 6.46. The molecule has 0 aliphatic carbocycles. The number of ether oxygens (including phenoxy) is 1. The van der Waals surface area contributed by atoms with Gasteiger partial charge in [0.05, 0.1) is 12.3 Å². The summed E-state index contributed by atoms with van der Waals surface area (Å²) in [6, 6.07) is 0. The summed E-state index contributed by atoms with van der Waals surface area (Å²) in [4.78, 5) is 4.79. The van der Waals surface area contributed by atoms with Crippen LogP contribution in [0.1, 0.15) is 43.6 Å². The number of nitrogens with zero attached hydrogens (tertiary/aromatic N) is 2. The van der Waals surface area contributed by atoms with Crippen LogP contribution in [0.25, 0.3) is 0 Å². The topological polar surface area (TPSA) is 27.1 Å². The number of hydrogen-bond donors (Lipinski definition) is 0. The molecular formula is C13H20N2O. The van der Waals surface area contributed by atoms with Crippen LogP contribution in [0.15, 0.2) is 6.20 Å². The summed E-state index contributed by atoms with van der Waals surface area (Å²) in [7, 11) is 0. The van der Waals surface area contributed by atoms with Crippen LogP contribution in [0.4, 0.5) is 0 Å². The van der Waals surface area contributed by atoms with Gasteiger partial charge in [-0.2, -0.15) is 0 Å². The van der Waals surface area contributed by atoms with Gasteiger partial charge in [0.15, 0.2) is 0 Å². The molecule has 0 spiro atoms. The molecule has 16 heavy (non-hydrogen) atoms. The number of hydrogen-bond acceptors (Lipinski definition) is 2. The summed E-state index contributed by atoms with van der Waals surface area (Å²) in [5.41, 5.74) is 1.27. The molecule has 1 aromatic rings. The van der Waals surface area contributed by atoms with Crippen LogP contribution in [0, 0.1) is 5.92 Å². The molecule has 3 heterocycles. The molecule has 0 radical (unpaired) electrons. The monoisotopic (exact) mass is 220 g/mol. The van der Waals surface area contributed by atoms with Crippen LogP contribution in [0.5, 0.6) is 0 Å². The van der Waals surface area contributed by atoms with Crippen molar-refractivity contribution >= 4 is 0 Å². The minimum absolute atomic E-state index is 0.544. The Bertz CT molecular complexity index is 366. The van der Waals surface area contributed by atoms with Crippen molar-refractivity contribution in [3.63, 3.8) is 0 Å². The summed E-state index contributed by atoms with van der Waals surface area (Å²) >= 11 is 0. The maximum Gasteiger partial charge on any atom is 0.108 e. The van der Waals surface area contributed by atoms with E-state index in [1.807, 2.05) is 0 Å². The van der Waals surface area contributed by atoms with Crippen molar-refractivity contribution in [3.8, 4) is 0 Å². The van der Waals surface area contributed by atoms with Gasteiger partial charge < -0.3 is 9.30 Å². The van der Waals surface area contributed by atoms with E-state index in [4.69, 9.17) is 9.72 Å². The molecule has 2 aliphatic heterocycles. The van der Waals surface area contributed by atoms with E-state index in [2.05, 4.69) is 17.7 Å². The lowest BCUT2D eigenvalue weighted by atomic mass is 9.99. The molecule has 3 nitrogen and oxygen atoms in total. The number of aromatic nitrogens is 2. The largest absolute Gasteiger partial charge is 0.381 e. The molecule has 1 saturated heterocycles. The highest BCUT2D eigenvalue weighted by atomic mass is 16.5. The van der Waals surface area contributed by atoms with Gasteiger partial charge >= 0.3 is 0 Å². The fourth-order valence-electron chi connectivity index (χ4n) is 2.81. The standard InChI is InChI=1S/C13H20N2O/c1-10-4-5-13-14-12(8-15(13)7-10)11-3-2-6-16-9-11/h8,10-11H,2-7,9H2,1H3. The number of fused-ring (bicyclic) bond motifs is 1. The zero-order chi connectivity index (χ0) is 11.0. The Morgan fingerprint density at radius 3 is 3.19 bits per heavy atom. The van der Waals surface area contributed by atoms with Gasteiger partial charge in [-0.05, 0) is 25.2 Å². The van der Waals surface area contributed by atoms with Gasteiger partial charge in [-0.1, -0.05) is 6.92 Å². The number of aryl methyl sites for hydroxylation is 1. The fourth-order valence-corrected chi connectivity index (χ4v) is 2.81. The minimum atomic E-state index is 0.544. The highest BCUT2D eigenvalue weighted by Gasteiger charge is 2.22. The van der Waals surface area contributed by atoms with E-state index >= 15 is 0 Å². The molecule has 0 bridgehead atoms. The van der Waals surface area contributed by atoms with Gasteiger partial charge in [-0.3, -0.25) is 0 Å². The lowest BCUT2D eigenvalue weighted by molar-refractivity contribution is 0.0794. The fraction of sp³-hybridized carbons (Fsp3) is 0.769. The summed E-state index contributed by atoms with van der Waals surface area (Å²) in [5, 5.41) is 0. The molecule has 0 aromatic carbocycles. The minimum Gasteiger partial charge on any atom is -0.381 e. The van der Waals surface area contributed by atoms with Crippen LogP contribution < -0.4 is 0 Å². The lowest BCUT2D eigenvalue weighted by Crippen LogP contribution is -2.17. The van der Waals surface area contributed by atoms with Crippen LogP contribution in [-0.4, -0.2) is 22.8 Å². The predicted octanol–water partition coefficient (Wildman–Crippen LogP) is 2.36. The first-order valence-corrected chi connectivity index (χ1v) is 6.46. The Hall–Kier alpha value is -0.830. The van der Waals surface area contributed by atoms with Crippen molar-refractivity contribution < 1.29 is 4.74 Å². The zero-order valence-corrected chi connectivity index (χ0v) is 9.98. The summed E-state index contributed by atoms with van der Waals surface area (Å²) < 4.78 is 7.90. The van der Waals surface area contributed by atoms with Crippen LogP contribution in [0.2, 0.25) is 0 Å². The zero-order valence-electron chi connectivity index (χ0n) is 9.98. The van der Waals surface area contributed by atoms with Crippen molar-refractivity contribution in [1.82, 2.24) is 9.55 Å². The molecule has 1 fully saturated rings. The van der Waals surface area contributed by atoms with Crippen molar-refractivity contribution in [1.29, 1.82) is 0 Å². The second-order valence-electron chi connectivity index (χ2n) is 5.29. The van der Waals surface area contributed by atoms with Crippen LogP contribution in [0.3, 0.4) is 0 Å². The highest BCUT2D eigenvalue weighted by molar-refractivity contribution is 5.12. The molecule has 2 aliphatic rings. The molecule has 0 saturated carbocycles. The molecule has 0 amide bonds. The molecule has 2 unspecified atom stereocenters. The summed E-state index contributed by atoms with van der Waals surface area (Å²) in [6.07, 6.45) is 7.13. The Balaban J connectivity index is 1.80. The van der Waals surface area contributed by atoms with E-state index in [1.54, 1.807) is 0 Å². The predicted molar refractivity (Wildman–Crippen MR) is 62.5 cm³/mol. The Labute approximate surface area is 96.8 Å². The smallest absolute Gasteiger partial charge is 0.108 e. The third-order valence-corrected chi connectivity index (χ3v) is 3.83. The van der Waals surface area contributed by atoms with E-state index < -0.39 is 0 Å². The third-order valence-electron chi connectivity index (χ3n) is 3.83. The number of rotatable bonds is 1. The van der Waals surface area contributed by atoms with Crippen LogP contribution >= 0.6 is 0 Å². The quantitative estimate of drug-likeness (QED) is 0.726. The second kappa shape index (κ2) is 4.21. The van der Waals surface area contributed by atoms with Crippen molar-refractivity contribution in [2.45, 2.75) is 45.1 Å². The SMILES string of the molecule is CC1CCc2nc(C3CCCOC3)cn2C1. The summed E-state index contributed by atoms with van der Waals surface area (Å²) in [6.45, 7) is 5.27. The van der Waals surface area contributed by atoms with Crippen molar-refractivity contribution in [2.24, 2.45) is 5.92 Å². The normalized spacial score (nSPS) is 30.1. The first-order chi connectivity index (χ1) is 7.83. The van der Waals surface area contributed by atoms with Gasteiger partial charge in [0.2, 0.25) is 0 Å².